The van der Waals surface area contributed by atoms with Crippen LogP contribution >= 0.6 is 11.8 Å². The lowest BCUT2D eigenvalue weighted by molar-refractivity contribution is -0.190. The SMILES string of the molecule is CC1=C(C(=O)O)N2C(=O)C3(NC(=O)C(c4ccccc4)O3)[C@H]2SC1. The van der Waals surface area contributed by atoms with Crippen molar-refractivity contribution in [3.8, 4) is 0 Å². The van der Waals surface area contributed by atoms with Gasteiger partial charge in [-0.1, -0.05) is 30.3 Å². The third-order valence-corrected chi connectivity index (χ3v) is 5.84. The molecule has 7 nitrogen and oxygen atoms in total. The van der Waals surface area contributed by atoms with Gasteiger partial charge in [0.25, 0.3) is 17.5 Å². The van der Waals surface area contributed by atoms with Gasteiger partial charge >= 0.3 is 5.97 Å². The molecule has 3 heterocycles. The molecular formula is C16H14N2O5S. The van der Waals surface area contributed by atoms with Crippen LogP contribution in [0.15, 0.2) is 41.6 Å². The van der Waals surface area contributed by atoms with Crippen molar-refractivity contribution >= 4 is 29.5 Å². The highest BCUT2D eigenvalue weighted by atomic mass is 32.2. The molecule has 2 unspecified atom stereocenters. The van der Waals surface area contributed by atoms with Crippen LogP contribution in [-0.4, -0.2) is 44.6 Å². The molecule has 0 aromatic heterocycles. The van der Waals surface area contributed by atoms with Crippen LogP contribution in [0.25, 0.3) is 0 Å². The zero-order valence-corrected chi connectivity index (χ0v) is 13.5. The predicted molar refractivity (Wildman–Crippen MR) is 84.6 cm³/mol. The van der Waals surface area contributed by atoms with Crippen LogP contribution in [0.3, 0.4) is 0 Å². The number of carboxylic acid groups (broad SMARTS) is 1. The second kappa shape index (κ2) is 5.09. The molecule has 124 valence electrons. The number of fused-ring (bicyclic) bond motifs is 2. The summed E-state index contributed by atoms with van der Waals surface area (Å²) in [6.07, 6.45) is -0.877. The van der Waals surface area contributed by atoms with E-state index in [1.165, 1.54) is 16.7 Å². The highest BCUT2D eigenvalue weighted by Gasteiger charge is 2.70. The molecule has 1 aromatic rings. The number of hydrogen-bond acceptors (Lipinski definition) is 5. The summed E-state index contributed by atoms with van der Waals surface area (Å²) >= 11 is 1.39. The molecular weight excluding hydrogens is 332 g/mol. The molecule has 3 atom stereocenters. The van der Waals surface area contributed by atoms with Crippen LogP contribution < -0.4 is 5.32 Å². The Bertz CT molecular complexity index is 793. The van der Waals surface area contributed by atoms with Gasteiger partial charge in [0.15, 0.2) is 6.10 Å². The van der Waals surface area contributed by atoms with Gasteiger partial charge in [-0.3, -0.25) is 14.5 Å². The van der Waals surface area contributed by atoms with Gasteiger partial charge in [0.2, 0.25) is 0 Å². The van der Waals surface area contributed by atoms with Gasteiger partial charge in [0.1, 0.15) is 11.1 Å². The molecule has 4 rings (SSSR count). The third kappa shape index (κ3) is 1.87. The lowest BCUT2D eigenvalue weighted by atomic mass is 9.99. The summed E-state index contributed by atoms with van der Waals surface area (Å²) in [6, 6.07) is 8.91. The van der Waals surface area contributed by atoms with E-state index in [-0.39, 0.29) is 5.70 Å². The van der Waals surface area contributed by atoms with Crippen LogP contribution in [0.1, 0.15) is 18.6 Å². The van der Waals surface area contributed by atoms with Gasteiger partial charge < -0.3 is 15.2 Å². The van der Waals surface area contributed by atoms with Crippen molar-refractivity contribution in [1.29, 1.82) is 0 Å². The van der Waals surface area contributed by atoms with Crippen molar-refractivity contribution in [2.24, 2.45) is 0 Å². The molecule has 2 saturated heterocycles. The zero-order chi connectivity index (χ0) is 17.1. The van der Waals surface area contributed by atoms with Crippen molar-refractivity contribution < 1.29 is 24.2 Å². The predicted octanol–water partition coefficient (Wildman–Crippen LogP) is 0.844. The monoisotopic (exact) mass is 346 g/mol. The Morgan fingerprint density at radius 2 is 2.08 bits per heavy atom. The van der Waals surface area contributed by atoms with E-state index in [2.05, 4.69) is 5.32 Å². The molecule has 0 saturated carbocycles. The van der Waals surface area contributed by atoms with Gasteiger partial charge in [-0.15, -0.1) is 11.8 Å². The number of carboxylic acids is 1. The van der Waals surface area contributed by atoms with Crippen LogP contribution in [0.5, 0.6) is 0 Å². The number of carbonyl (C=O) groups is 3. The minimum atomic E-state index is -1.48. The largest absolute Gasteiger partial charge is 0.477 e. The summed E-state index contributed by atoms with van der Waals surface area (Å²) in [7, 11) is 0. The minimum Gasteiger partial charge on any atom is -0.477 e. The van der Waals surface area contributed by atoms with Crippen LogP contribution in [0.4, 0.5) is 0 Å². The average Bonchev–Trinajstić information content (AvgIpc) is 2.94. The standard InChI is InChI=1S/C16H14N2O5S/c1-8-7-24-15-16(14(22)18(15)10(8)13(20)21)17-12(19)11(23-16)9-5-3-2-4-6-9/h2-6,11,15H,7H2,1H3,(H,17,19)(H,20,21)/t11?,15-,16?/m1/s1. The van der Waals surface area contributed by atoms with E-state index in [0.717, 1.165) is 0 Å². The average molecular weight is 346 g/mol. The van der Waals surface area contributed by atoms with E-state index >= 15 is 0 Å². The first-order valence-corrected chi connectivity index (χ1v) is 8.43. The first-order valence-electron chi connectivity index (χ1n) is 7.39. The van der Waals surface area contributed by atoms with Crippen molar-refractivity contribution in [1.82, 2.24) is 10.2 Å². The van der Waals surface area contributed by atoms with E-state index in [1.807, 2.05) is 6.07 Å². The topological polar surface area (TPSA) is 95.9 Å². The third-order valence-electron chi connectivity index (χ3n) is 4.38. The minimum absolute atomic E-state index is 0.0182. The molecule has 3 aliphatic heterocycles. The number of β-lactam (4-membered cyclic amide) rings is 1. The molecule has 2 fully saturated rings. The first-order chi connectivity index (χ1) is 11.5. The molecule has 2 amide bonds. The summed E-state index contributed by atoms with van der Waals surface area (Å²) in [5, 5.41) is 11.5. The molecule has 3 aliphatic rings. The fourth-order valence-electron chi connectivity index (χ4n) is 3.27. The number of ether oxygens (including phenoxy) is 1. The number of rotatable bonds is 2. The lowest BCUT2D eigenvalue weighted by Crippen LogP contribution is -2.78. The molecule has 0 aliphatic carbocycles. The van der Waals surface area contributed by atoms with Crippen LogP contribution in [0, 0.1) is 0 Å². The quantitative estimate of drug-likeness (QED) is 0.771. The number of aliphatic carboxylic acids is 1. The van der Waals surface area contributed by atoms with Gasteiger partial charge in [-0.2, -0.15) is 0 Å². The summed E-state index contributed by atoms with van der Waals surface area (Å²) in [5.41, 5.74) is -0.223. The Labute approximate surface area is 141 Å². The first kappa shape index (κ1) is 15.2. The normalized spacial score (nSPS) is 31.8. The molecule has 8 heteroatoms. The second-order valence-corrected chi connectivity index (χ2v) is 6.97. The zero-order valence-electron chi connectivity index (χ0n) is 12.7. The van der Waals surface area contributed by atoms with Crippen molar-refractivity contribution in [2.75, 3.05) is 5.75 Å². The van der Waals surface area contributed by atoms with E-state index in [0.29, 0.717) is 16.9 Å². The van der Waals surface area contributed by atoms with Gasteiger partial charge in [0, 0.05) is 5.75 Å². The maximum Gasteiger partial charge on any atom is 0.352 e. The van der Waals surface area contributed by atoms with Gasteiger partial charge in [-0.05, 0) is 18.1 Å². The number of nitrogens with one attached hydrogen (secondary N) is 1. The summed E-state index contributed by atoms with van der Waals surface area (Å²) in [4.78, 5) is 37.7. The number of carbonyl (C=O) groups excluding carboxylic acids is 2. The summed E-state index contributed by atoms with van der Waals surface area (Å²) in [5.74, 6) is -1.61. The molecule has 24 heavy (non-hydrogen) atoms. The van der Waals surface area contributed by atoms with Crippen molar-refractivity contribution in [3.63, 3.8) is 0 Å². The molecule has 1 aromatic carbocycles. The smallest absolute Gasteiger partial charge is 0.352 e. The Morgan fingerprint density at radius 1 is 1.38 bits per heavy atom. The van der Waals surface area contributed by atoms with Crippen molar-refractivity contribution in [2.45, 2.75) is 24.1 Å². The second-order valence-electron chi connectivity index (χ2n) is 5.91. The highest BCUT2D eigenvalue weighted by molar-refractivity contribution is 8.00. The fourth-order valence-corrected chi connectivity index (χ4v) is 4.61. The Hall–Kier alpha value is -2.32. The number of amides is 2. The van der Waals surface area contributed by atoms with Gasteiger partial charge in [-0.25, -0.2) is 4.79 Å². The maximum atomic E-state index is 12.7. The van der Waals surface area contributed by atoms with Crippen LogP contribution in [0.2, 0.25) is 0 Å². The van der Waals surface area contributed by atoms with E-state index in [9.17, 15) is 19.5 Å². The Kier molecular flexibility index (Phi) is 3.23. The molecule has 0 bridgehead atoms. The van der Waals surface area contributed by atoms with E-state index in [4.69, 9.17) is 4.74 Å². The Balaban J connectivity index is 1.67. The number of benzene rings is 1. The molecule has 0 radical (unpaired) electrons. The Morgan fingerprint density at radius 3 is 2.75 bits per heavy atom. The van der Waals surface area contributed by atoms with Gasteiger partial charge in [0.05, 0.1) is 0 Å². The number of hydrogen-bond donors (Lipinski definition) is 2. The summed E-state index contributed by atoms with van der Waals surface area (Å²) < 4.78 is 5.84. The molecule has 2 N–H and O–H groups in total. The molecule has 1 spiro atoms. The highest BCUT2D eigenvalue weighted by Crippen LogP contribution is 2.50. The van der Waals surface area contributed by atoms with E-state index < -0.39 is 35.0 Å². The number of thioether (sulfide) groups is 1. The van der Waals surface area contributed by atoms with Crippen LogP contribution in [-0.2, 0) is 19.1 Å². The maximum absolute atomic E-state index is 12.7. The fraction of sp³-hybridized carbons (Fsp3) is 0.312. The van der Waals surface area contributed by atoms with Crippen molar-refractivity contribution in [3.05, 3.63) is 47.2 Å². The number of nitrogens with zero attached hydrogens (tertiary/aromatic N) is 1. The lowest BCUT2D eigenvalue weighted by Gasteiger charge is -2.54. The van der Waals surface area contributed by atoms with E-state index in [1.54, 1.807) is 31.2 Å². The summed E-state index contributed by atoms with van der Waals surface area (Å²) in [6.45, 7) is 1.69.